The lowest BCUT2D eigenvalue weighted by Crippen LogP contribution is -2.25. The lowest BCUT2D eigenvalue weighted by molar-refractivity contribution is -0.138. The minimum atomic E-state index is -0.922. The average molecular weight is 421 g/mol. The minimum absolute atomic E-state index is 0.228. The quantitative estimate of drug-likeness (QED) is 0.637. The zero-order chi connectivity index (χ0) is 21.8. The molecule has 6 heteroatoms. The van der Waals surface area contributed by atoms with Crippen molar-refractivity contribution in [2.45, 2.75) is 45.4 Å². The van der Waals surface area contributed by atoms with Crippen LogP contribution in [0.2, 0.25) is 0 Å². The van der Waals surface area contributed by atoms with E-state index in [-0.39, 0.29) is 16.9 Å². The molecule has 0 amide bonds. The van der Waals surface area contributed by atoms with Crippen molar-refractivity contribution in [1.82, 2.24) is 4.98 Å². The molecule has 2 aromatic rings. The van der Waals surface area contributed by atoms with Crippen molar-refractivity contribution in [3.05, 3.63) is 47.3 Å². The monoisotopic (exact) mass is 420 g/mol. The Morgan fingerprint density at radius 3 is 2.61 bits per heavy atom. The van der Waals surface area contributed by atoms with E-state index in [0.29, 0.717) is 12.2 Å². The summed E-state index contributed by atoms with van der Waals surface area (Å²) in [5.74, 6) is -1.85. The van der Waals surface area contributed by atoms with Crippen LogP contribution in [-0.2, 0) is 17.6 Å². The zero-order valence-corrected chi connectivity index (χ0v) is 18.1. The van der Waals surface area contributed by atoms with E-state index in [1.54, 1.807) is 6.20 Å². The number of benzene rings is 1. The van der Waals surface area contributed by atoms with E-state index in [4.69, 9.17) is 9.84 Å². The SMILES string of the molecule is COc1cc(N(CC2(C)CC2)c2ccc3c(c2)CCC3)cnc1C(=O)C1CC1C(=O)O. The van der Waals surface area contributed by atoms with Gasteiger partial charge in [-0.15, -0.1) is 0 Å². The van der Waals surface area contributed by atoms with Gasteiger partial charge in [-0.05, 0) is 67.2 Å². The Bertz CT molecular complexity index is 1060. The second-order valence-corrected chi connectivity index (χ2v) is 9.60. The molecule has 6 nitrogen and oxygen atoms in total. The van der Waals surface area contributed by atoms with Gasteiger partial charge in [0.15, 0.2) is 5.78 Å². The van der Waals surface area contributed by atoms with Crippen LogP contribution in [0.5, 0.6) is 5.75 Å². The third-order valence-electron chi connectivity index (χ3n) is 7.08. The first-order valence-electron chi connectivity index (χ1n) is 11.1. The van der Waals surface area contributed by atoms with Gasteiger partial charge in [0.25, 0.3) is 0 Å². The molecule has 1 heterocycles. The Morgan fingerprint density at radius 2 is 1.94 bits per heavy atom. The number of rotatable bonds is 8. The highest BCUT2D eigenvalue weighted by molar-refractivity contribution is 6.03. The summed E-state index contributed by atoms with van der Waals surface area (Å²) in [6, 6.07) is 8.59. The Hall–Kier alpha value is -2.89. The Morgan fingerprint density at radius 1 is 1.16 bits per heavy atom. The second kappa shape index (κ2) is 7.36. The number of carbonyl (C=O) groups excluding carboxylic acids is 1. The number of ketones is 1. The summed E-state index contributed by atoms with van der Waals surface area (Å²) >= 11 is 0. The molecule has 0 bridgehead atoms. The van der Waals surface area contributed by atoms with Crippen LogP contribution in [0.1, 0.15) is 54.2 Å². The van der Waals surface area contributed by atoms with Gasteiger partial charge in [0.2, 0.25) is 0 Å². The fourth-order valence-electron chi connectivity index (χ4n) is 4.67. The van der Waals surface area contributed by atoms with E-state index in [0.717, 1.165) is 30.8 Å². The van der Waals surface area contributed by atoms with Crippen molar-refractivity contribution in [1.29, 1.82) is 0 Å². The van der Waals surface area contributed by atoms with Crippen LogP contribution in [0.15, 0.2) is 30.5 Å². The molecule has 31 heavy (non-hydrogen) atoms. The molecule has 0 spiro atoms. The zero-order valence-electron chi connectivity index (χ0n) is 18.1. The number of ether oxygens (including phenoxy) is 1. The number of anilines is 2. The number of methoxy groups -OCH3 is 1. The number of hydrogen-bond donors (Lipinski definition) is 1. The van der Waals surface area contributed by atoms with Gasteiger partial charge in [-0.3, -0.25) is 9.59 Å². The summed E-state index contributed by atoms with van der Waals surface area (Å²) in [6.07, 6.45) is 7.99. The van der Waals surface area contributed by atoms with E-state index >= 15 is 0 Å². The van der Waals surface area contributed by atoms with Gasteiger partial charge in [-0.2, -0.15) is 0 Å². The largest absolute Gasteiger partial charge is 0.494 e. The maximum Gasteiger partial charge on any atom is 0.307 e. The predicted molar refractivity (Wildman–Crippen MR) is 117 cm³/mol. The second-order valence-electron chi connectivity index (χ2n) is 9.60. The number of pyridine rings is 1. The molecule has 1 aromatic heterocycles. The van der Waals surface area contributed by atoms with Gasteiger partial charge in [-0.25, -0.2) is 4.98 Å². The number of fused-ring (bicyclic) bond motifs is 1. The summed E-state index contributed by atoms with van der Waals surface area (Å²) in [6.45, 7) is 3.18. The first kappa shape index (κ1) is 20.0. The number of Topliss-reactive ketones (excluding diaryl/α,β-unsaturated/α-hetero) is 1. The highest BCUT2D eigenvalue weighted by Crippen LogP contribution is 2.48. The van der Waals surface area contributed by atoms with Crippen molar-refractivity contribution in [3.63, 3.8) is 0 Å². The topological polar surface area (TPSA) is 79.7 Å². The number of hydrogen-bond acceptors (Lipinski definition) is 5. The Labute approximate surface area is 182 Å². The number of aliphatic carboxylic acids is 1. The molecule has 5 rings (SSSR count). The van der Waals surface area contributed by atoms with Crippen molar-refractivity contribution in [2.75, 3.05) is 18.6 Å². The lowest BCUT2D eigenvalue weighted by atomic mass is 10.1. The van der Waals surface area contributed by atoms with Gasteiger partial charge in [-0.1, -0.05) is 13.0 Å². The smallest absolute Gasteiger partial charge is 0.307 e. The first-order chi connectivity index (χ1) is 14.9. The summed E-state index contributed by atoms with van der Waals surface area (Å²) < 4.78 is 5.53. The van der Waals surface area contributed by atoms with Crippen LogP contribution in [0.3, 0.4) is 0 Å². The standard InChI is InChI=1S/C25H28N2O4/c1-25(8-9-25)14-27(17-7-6-15-4-3-5-16(15)10-17)18-11-21(31-2)22(26-13-18)23(28)19-12-20(19)24(29)30/h6-7,10-11,13,19-20H,3-5,8-9,12,14H2,1-2H3,(H,29,30). The fourth-order valence-corrected chi connectivity index (χ4v) is 4.67. The fraction of sp³-hybridized carbons (Fsp3) is 0.480. The molecule has 2 atom stereocenters. The molecule has 0 aliphatic heterocycles. The number of carbonyl (C=O) groups is 2. The van der Waals surface area contributed by atoms with E-state index in [1.807, 2.05) is 6.07 Å². The third kappa shape index (κ3) is 3.80. The minimum Gasteiger partial charge on any atom is -0.494 e. The van der Waals surface area contributed by atoms with Crippen molar-refractivity contribution in [3.8, 4) is 5.75 Å². The highest BCUT2D eigenvalue weighted by atomic mass is 16.5. The third-order valence-corrected chi connectivity index (χ3v) is 7.08. The highest BCUT2D eigenvalue weighted by Gasteiger charge is 2.49. The van der Waals surface area contributed by atoms with Gasteiger partial charge in [0.05, 0.1) is 24.9 Å². The van der Waals surface area contributed by atoms with E-state index < -0.39 is 17.8 Å². The molecule has 2 fully saturated rings. The van der Waals surface area contributed by atoms with Crippen LogP contribution in [0, 0.1) is 17.3 Å². The van der Waals surface area contributed by atoms with Gasteiger partial charge in [0.1, 0.15) is 11.4 Å². The number of aryl methyl sites for hydroxylation is 2. The molecule has 162 valence electrons. The number of carboxylic acids is 1. The number of nitrogens with zero attached hydrogens (tertiary/aromatic N) is 2. The normalized spacial score (nSPS) is 22.5. The molecule has 2 saturated carbocycles. The Kier molecular flexibility index (Phi) is 4.76. The summed E-state index contributed by atoms with van der Waals surface area (Å²) in [5.41, 5.74) is 5.41. The summed E-state index contributed by atoms with van der Waals surface area (Å²) in [4.78, 5) is 30.7. The van der Waals surface area contributed by atoms with Crippen LogP contribution in [0.25, 0.3) is 0 Å². The summed E-state index contributed by atoms with van der Waals surface area (Å²) in [5, 5.41) is 9.16. The molecule has 1 aromatic carbocycles. The predicted octanol–water partition coefficient (Wildman–Crippen LogP) is 4.42. The maximum absolute atomic E-state index is 12.8. The van der Waals surface area contributed by atoms with E-state index in [1.165, 1.54) is 37.5 Å². The van der Waals surface area contributed by atoms with Gasteiger partial charge >= 0.3 is 5.97 Å². The molecule has 0 saturated heterocycles. The van der Waals surface area contributed by atoms with Crippen molar-refractivity contribution < 1.29 is 19.4 Å². The number of aromatic nitrogens is 1. The average Bonchev–Trinajstić information content (AvgIpc) is 3.67. The molecule has 2 unspecified atom stereocenters. The first-order valence-corrected chi connectivity index (χ1v) is 11.1. The van der Waals surface area contributed by atoms with E-state index in [2.05, 4.69) is 35.0 Å². The molecule has 3 aliphatic carbocycles. The number of carboxylic acid groups (broad SMARTS) is 1. The van der Waals surface area contributed by atoms with Crippen LogP contribution in [-0.4, -0.2) is 35.5 Å². The van der Waals surface area contributed by atoms with E-state index in [9.17, 15) is 9.59 Å². The van der Waals surface area contributed by atoms with Crippen LogP contribution in [0.4, 0.5) is 11.4 Å². The maximum atomic E-state index is 12.8. The Balaban J connectivity index is 1.48. The van der Waals surface area contributed by atoms with Crippen molar-refractivity contribution in [2.24, 2.45) is 17.3 Å². The van der Waals surface area contributed by atoms with Crippen LogP contribution < -0.4 is 9.64 Å². The molecule has 3 aliphatic rings. The molecule has 1 N–H and O–H groups in total. The lowest BCUT2D eigenvalue weighted by Gasteiger charge is -2.29. The molecule has 0 radical (unpaired) electrons. The van der Waals surface area contributed by atoms with Gasteiger partial charge < -0.3 is 14.7 Å². The molecular weight excluding hydrogens is 392 g/mol. The van der Waals surface area contributed by atoms with Crippen molar-refractivity contribution >= 4 is 23.1 Å². The molecular formula is C25H28N2O4. The van der Waals surface area contributed by atoms with Gasteiger partial charge in [0, 0.05) is 24.2 Å². The summed E-state index contributed by atoms with van der Waals surface area (Å²) in [7, 11) is 1.53. The van der Waals surface area contributed by atoms with Crippen LogP contribution >= 0.6 is 0 Å².